The fourth-order valence-electron chi connectivity index (χ4n) is 1.51. The van der Waals surface area contributed by atoms with E-state index in [0.717, 1.165) is 21.8 Å². The van der Waals surface area contributed by atoms with E-state index in [4.69, 9.17) is 28.9 Å². The lowest BCUT2D eigenvalue weighted by Crippen LogP contribution is -1.93. The maximum absolute atomic E-state index is 6.17. The molecule has 0 bridgehead atoms. The van der Waals surface area contributed by atoms with E-state index in [1.807, 2.05) is 37.3 Å². The number of pyridine rings is 1. The Hall–Kier alpha value is -0.900. The van der Waals surface area contributed by atoms with Crippen LogP contribution < -0.4 is 5.73 Å². The molecule has 5 heteroatoms. The van der Waals surface area contributed by atoms with E-state index in [0.29, 0.717) is 15.9 Å². The van der Waals surface area contributed by atoms with Crippen LogP contribution in [0.3, 0.4) is 0 Å². The second-order valence-electron chi connectivity index (χ2n) is 3.84. The molecule has 0 aliphatic rings. The number of para-hydroxylation sites is 1. The normalized spacial score (nSPS) is 10.6. The average Bonchev–Trinajstić information content (AvgIpc) is 2.30. The van der Waals surface area contributed by atoms with Crippen LogP contribution in [0.2, 0.25) is 10.2 Å². The third-order valence-electron chi connectivity index (χ3n) is 2.44. The van der Waals surface area contributed by atoms with E-state index in [-0.39, 0.29) is 0 Å². The van der Waals surface area contributed by atoms with Crippen molar-refractivity contribution in [2.75, 3.05) is 5.73 Å². The molecule has 0 saturated carbocycles. The average molecular weight is 299 g/mol. The van der Waals surface area contributed by atoms with Gasteiger partial charge in [0, 0.05) is 32.6 Å². The van der Waals surface area contributed by atoms with Gasteiger partial charge in [-0.2, -0.15) is 0 Å². The Labute approximate surface area is 121 Å². The van der Waals surface area contributed by atoms with Crippen molar-refractivity contribution < 1.29 is 0 Å². The van der Waals surface area contributed by atoms with Crippen molar-refractivity contribution in [3.63, 3.8) is 0 Å². The Morgan fingerprint density at radius 2 is 2.00 bits per heavy atom. The van der Waals surface area contributed by atoms with Gasteiger partial charge in [-0.05, 0) is 25.1 Å². The molecule has 1 aromatic carbocycles. The molecule has 1 heterocycles. The number of benzene rings is 1. The first-order valence-corrected chi connectivity index (χ1v) is 7.11. The largest absolute Gasteiger partial charge is 0.398 e. The Bertz CT molecular complexity index is 550. The maximum atomic E-state index is 6.17. The summed E-state index contributed by atoms with van der Waals surface area (Å²) in [6, 6.07) is 9.53. The van der Waals surface area contributed by atoms with Crippen LogP contribution >= 0.6 is 35.0 Å². The minimum absolute atomic E-state index is 0.460. The van der Waals surface area contributed by atoms with Gasteiger partial charge in [0.15, 0.2) is 0 Å². The van der Waals surface area contributed by atoms with Gasteiger partial charge in [-0.15, -0.1) is 11.8 Å². The fourth-order valence-corrected chi connectivity index (χ4v) is 3.34. The standard InChI is InChI=1S/C13H12Cl2N2S/c1-8-6-10(14)9(13(15)17-8)7-18-12-5-3-2-4-11(12)16/h2-6H,7,16H2,1H3. The molecule has 0 unspecified atom stereocenters. The smallest absolute Gasteiger partial charge is 0.134 e. The molecule has 1 aromatic heterocycles. The number of nitrogens with zero attached hydrogens (tertiary/aromatic N) is 1. The summed E-state index contributed by atoms with van der Waals surface area (Å²) in [6.07, 6.45) is 0. The van der Waals surface area contributed by atoms with Crippen molar-refractivity contribution in [2.45, 2.75) is 17.6 Å². The van der Waals surface area contributed by atoms with E-state index < -0.39 is 0 Å². The molecular weight excluding hydrogens is 287 g/mol. The summed E-state index contributed by atoms with van der Waals surface area (Å²) < 4.78 is 0. The third kappa shape index (κ3) is 3.10. The molecule has 0 saturated heterocycles. The number of anilines is 1. The van der Waals surface area contributed by atoms with Crippen LogP contribution in [0.15, 0.2) is 35.2 Å². The predicted octanol–water partition coefficient (Wildman–Crippen LogP) is 4.57. The number of rotatable bonds is 3. The van der Waals surface area contributed by atoms with Gasteiger partial charge >= 0.3 is 0 Å². The molecule has 0 spiro atoms. The molecule has 0 aliphatic heterocycles. The molecule has 0 radical (unpaired) electrons. The zero-order valence-corrected chi connectivity index (χ0v) is 12.1. The quantitative estimate of drug-likeness (QED) is 0.512. The highest BCUT2D eigenvalue weighted by atomic mass is 35.5. The predicted molar refractivity (Wildman–Crippen MR) is 79.4 cm³/mol. The van der Waals surface area contributed by atoms with Gasteiger partial charge in [-0.25, -0.2) is 4.98 Å². The summed E-state index contributed by atoms with van der Waals surface area (Å²) in [5, 5.41) is 1.11. The lowest BCUT2D eigenvalue weighted by molar-refractivity contribution is 1.16. The molecule has 0 amide bonds. The first-order valence-electron chi connectivity index (χ1n) is 5.36. The number of nitrogen functional groups attached to an aromatic ring is 1. The van der Waals surface area contributed by atoms with Crippen molar-refractivity contribution in [3.05, 3.63) is 51.8 Å². The number of hydrogen-bond donors (Lipinski definition) is 1. The highest BCUT2D eigenvalue weighted by Gasteiger charge is 2.09. The van der Waals surface area contributed by atoms with Crippen LogP contribution in [0.25, 0.3) is 0 Å². The van der Waals surface area contributed by atoms with Crippen LogP contribution in [0.1, 0.15) is 11.3 Å². The summed E-state index contributed by atoms with van der Waals surface area (Å²) in [5.41, 5.74) is 8.30. The van der Waals surface area contributed by atoms with Crippen LogP contribution in [-0.4, -0.2) is 4.98 Å². The van der Waals surface area contributed by atoms with Crippen molar-refractivity contribution in [1.29, 1.82) is 0 Å². The SMILES string of the molecule is Cc1cc(Cl)c(CSc2ccccc2N)c(Cl)n1. The highest BCUT2D eigenvalue weighted by Crippen LogP contribution is 2.33. The Morgan fingerprint density at radius 3 is 2.67 bits per heavy atom. The first-order chi connectivity index (χ1) is 8.58. The zero-order valence-electron chi connectivity index (χ0n) is 9.78. The van der Waals surface area contributed by atoms with Crippen LogP contribution in [-0.2, 0) is 5.75 Å². The number of aromatic nitrogens is 1. The van der Waals surface area contributed by atoms with E-state index in [9.17, 15) is 0 Å². The van der Waals surface area contributed by atoms with Gasteiger partial charge in [-0.1, -0.05) is 35.3 Å². The lowest BCUT2D eigenvalue weighted by atomic mass is 10.3. The lowest BCUT2D eigenvalue weighted by Gasteiger charge is -2.08. The number of halogens is 2. The second kappa shape index (κ2) is 5.83. The number of nitrogens with two attached hydrogens (primary N) is 1. The molecular formula is C13H12Cl2N2S. The van der Waals surface area contributed by atoms with Gasteiger partial charge in [0.1, 0.15) is 5.15 Å². The second-order valence-corrected chi connectivity index (χ2v) is 5.62. The van der Waals surface area contributed by atoms with Gasteiger partial charge in [0.2, 0.25) is 0 Å². The molecule has 2 nitrogen and oxygen atoms in total. The first kappa shape index (κ1) is 13.5. The number of aryl methyl sites for hydroxylation is 1. The van der Waals surface area contributed by atoms with Gasteiger partial charge in [-0.3, -0.25) is 0 Å². The van der Waals surface area contributed by atoms with Crippen molar-refractivity contribution in [3.8, 4) is 0 Å². The fraction of sp³-hybridized carbons (Fsp3) is 0.154. The van der Waals surface area contributed by atoms with E-state index >= 15 is 0 Å². The molecule has 2 N–H and O–H groups in total. The van der Waals surface area contributed by atoms with Crippen LogP contribution in [0, 0.1) is 6.92 Å². The van der Waals surface area contributed by atoms with Crippen molar-refractivity contribution >= 4 is 40.7 Å². The Balaban J connectivity index is 2.19. The van der Waals surface area contributed by atoms with Crippen molar-refractivity contribution in [2.24, 2.45) is 0 Å². The minimum atomic E-state index is 0.460. The topological polar surface area (TPSA) is 38.9 Å². The van der Waals surface area contributed by atoms with Gasteiger partial charge in [0.05, 0.1) is 0 Å². The highest BCUT2D eigenvalue weighted by molar-refractivity contribution is 7.98. The van der Waals surface area contributed by atoms with E-state index in [1.165, 1.54) is 0 Å². The maximum Gasteiger partial charge on any atom is 0.134 e. The Morgan fingerprint density at radius 1 is 1.28 bits per heavy atom. The minimum Gasteiger partial charge on any atom is -0.398 e. The van der Waals surface area contributed by atoms with Crippen molar-refractivity contribution in [1.82, 2.24) is 4.98 Å². The molecule has 0 fully saturated rings. The Kier molecular flexibility index (Phi) is 4.38. The van der Waals surface area contributed by atoms with Gasteiger partial charge < -0.3 is 5.73 Å². The van der Waals surface area contributed by atoms with Gasteiger partial charge in [0.25, 0.3) is 0 Å². The number of hydrogen-bond acceptors (Lipinski definition) is 3. The number of thioether (sulfide) groups is 1. The summed E-state index contributed by atoms with van der Waals surface area (Å²) in [4.78, 5) is 5.22. The summed E-state index contributed by atoms with van der Waals surface area (Å²) in [7, 11) is 0. The third-order valence-corrected chi connectivity index (χ3v) is 4.20. The molecule has 2 aromatic rings. The van der Waals surface area contributed by atoms with E-state index in [2.05, 4.69) is 4.98 Å². The molecule has 0 atom stereocenters. The summed E-state index contributed by atoms with van der Waals surface area (Å²) >= 11 is 13.9. The summed E-state index contributed by atoms with van der Waals surface area (Å²) in [5.74, 6) is 0.652. The molecule has 94 valence electrons. The molecule has 2 rings (SSSR count). The molecule has 0 aliphatic carbocycles. The molecule has 18 heavy (non-hydrogen) atoms. The van der Waals surface area contributed by atoms with Crippen LogP contribution in [0.4, 0.5) is 5.69 Å². The summed E-state index contributed by atoms with van der Waals surface area (Å²) in [6.45, 7) is 1.86. The zero-order chi connectivity index (χ0) is 13.1. The van der Waals surface area contributed by atoms with E-state index in [1.54, 1.807) is 11.8 Å². The van der Waals surface area contributed by atoms with Crippen LogP contribution in [0.5, 0.6) is 0 Å². The monoisotopic (exact) mass is 298 g/mol.